The molecule has 0 radical (unpaired) electrons. The molecule has 0 spiro atoms. The van der Waals surface area contributed by atoms with Crippen LogP contribution in [0, 0.1) is 6.92 Å². The fraction of sp³-hybridized carbons (Fsp3) is 0.188. The molecular formula is C16H16ClNO2. The Kier molecular flexibility index (Phi) is 4.64. The second-order valence-corrected chi connectivity index (χ2v) is 4.76. The summed E-state index contributed by atoms with van der Waals surface area (Å²) in [4.78, 5) is 12.3. The third kappa shape index (κ3) is 3.31. The highest BCUT2D eigenvalue weighted by molar-refractivity contribution is 6.17. The van der Waals surface area contributed by atoms with Crippen LogP contribution in [0.15, 0.2) is 42.5 Å². The minimum absolute atomic E-state index is 0.197. The van der Waals surface area contributed by atoms with Crippen molar-refractivity contribution in [2.45, 2.75) is 12.8 Å². The number of benzene rings is 2. The molecule has 104 valence electrons. The molecule has 0 aliphatic heterocycles. The highest BCUT2D eigenvalue weighted by Crippen LogP contribution is 2.21. The molecule has 20 heavy (non-hydrogen) atoms. The number of rotatable bonds is 4. The molecule has 2 rings (SSSR count). The van der Waals surface area contributed by atoms with Gasteiger partial charge in [-0.15, -0.1) is 11.6 Å². The molecule has 2 aromatic carbocycles. The van der Waals surface area contributed by atoms with Gasteiger partial charge in [-0.05, 0) is 36.8 Å². The lowest BCUT2D eigenvalue weighted by atomic mass is 10.1. The average molecular weight is 290 g/mol. The summed E-state index contributed by atoms with van der Waals surface area (Å²) in [7, 11) is 1.55. The zero-order chi connectivity index (χ0) is 14.5. The van der Waals surface area contributed by atoms with E-state index in [2.05, 4.69) is 5.32 Å². The summed E-state index contributed by atoms with van der Waals surface area (Å²) < 4.78 is 5.22. The number of carbonyl (C=O) groups is 1. The summed E-state index contributed by atoms with van der Waals surface area (Å²) >= 11 is 5.79. The maximum absolute atomic E-state index is 12.3. The first-order valence-electron chi connectivity index (χ1n) is 6.25. The minimum Gasteiger partial charge on any atom is -0.496 e. The predicted octanol–water partition coefficient (Wildman–Crippen LogP) is 3.99. The lowest BCUT2D eigenvalue weighted by Gasteiger charge is -2.10. The van der Waals surface area contributed by atoms with E-state index >= 15 is 0 Å². The molecule has 0 aromatic heterocycles. The van der Waals surface area contributed by atoms with E-state index in [4.69, 9.17) is 16.3 Å². The van der Waals surface area contributed by atoms with Gasteiger partial charge >= 0.3 is 0 Å². The number of halogens is 1. The normalized spacial score (nSPS) is 10.2. The first kappa shape index (κ1) is 14.4. The van der Waals surface area contributed by atoms with Crippen molar-refractivity contribution in [3.63, 3.8) is 0 Å². The van der Waals surface area contributed by atoms with Crippen LogP contribution < -0.4 is 10.1 Å². The number of alkyl halides is 1. The Morgan fingerprint density at radius 3 is 2.75 bits per heavy atom. The molecule has 0 saturated heterocycles. The van der Waals surface area contributed by atoms with Crippen LogP contribution in [0.5, 0.6) is 5.75 Å². The van der Waals surface area contributed by atoms with Crippen molar-refractivity contribution in [2.24, 2.45) is 0 Å². The highest BCUT2D eigenvalue weighted by Gasteiger charge is 2.12. The maximum Gasteiger partial charge on any atom is 0.259 e. The Bertz CT molecular complexity index is 626. The monoisotopic (exact) mass is 289 g/mol. The number of hydrogen-bond acceptors (Lipinski definition) is 2. The van der Waals surface area contributed by atoms with E-state index in [-0.39, 0.29) is 5.91 Å². The molecule has 0 atom stereocenters. The molecule has 0 heterocycles. The summed E-state index contributed by atoms with van der Waals surface area (Å²) in [5.74, 6) is 0.774. The second kappa shape index (κ2) is 6.44. The van der Waals surface area contributed by atoms with Crippen molar-refractivity contribution < 1.29 is 9.53 Å². The van der Waals surface area contributed by atoms with Crippen molar-refractivity contribution >= 4 is 23.2 Å². The van der Waals surface area contributed by atoms with E-state index in [0.29, 0.717) is 17.2 Å². The van der Waals surface area contributed by atoms with Gasteiger partial charge in [-0.25, -0.2) is 0 Å². The molecule has 0 aliphatic rings. The molecule has 0 saturated carbocycles. The Morgan fingerprint density at radius 1 is 1.25 bits per heavy atom. The quantitative estimate of drug-likeness (QED) is 0.864. The van der Waals surface area contributed by atoms with E-state index < -0.39 is 0 Å². The summed E-state index contributed by atoms with van der Waals surface area (Å²) in [5, 5.41) is 2.86. The van der Waals surface area contributed by atoms with Crippen molar-refractivity contribution in [2.75, 3.05) is 12.4 Å². The van der Waals surface area contributed by atoms with Gasteiger partial charge in [-0.2, -0.15) is 0 Å². The lowest BCUT2D eigenvalue weighted by Crippen LogP contribution is -2.13. The molecule has 1 N–H and O–H groups in total. The molecule has 0 unspecified atom stereocenters. The SMILES string of the molecule is COc1ccc(C)cc1C(=O)Nc1cccc(CCl)c1. The first-order valence-corrected chi connectivity index (χ1v) is 6.78. The molecule has 0 aliphatic carbocycles. The molecule has 0 bridgehead atoms. The second-order valence-electron chi connectivity index (χ2n) is 4.49. The van der Waals surface area contributed by atoms with Gasteiger partial charge in [-0.3, -0.25) is 4.79 Å². The van der Waals surface area contributed by atoms with Gasteiger partial charge in [0.25, 0.3) is 5.91 Å². The summed E-state index contributed by atoms with van der Waals surface area (Å²) in [6.45, 7) is 1.93. The zero-order valence-corrected chi connectivity index (χ0v) is 12.2. The van der Waals surface area contributed by atoms with Gasteiger partial charge in [0.1, 0.15) is 5.75 Å². The maximum atomic E-state index is 12.3. The molecule has 1 amide bonds. The van der Waals surface area contributed by atoms with Gasteiger partial charge in [0, 0.05) is 11.6 Å². The van der Waals surface area contributed by atoms with Crippen LogP contribution >= 0.6 is 11.6 Å². The largest absolute Gasteiger partial charge is 0.496 e. The lowest BCUT2D eigenvalue weighted by molar-refractivity contribution is 0.102. The summed E-state index contributed by atoms with van der Waals surface area (Å²) in [6, 6.07) is 13.0. The number of carbonyl (C=O) groups excluding carboxylic acids is 1. The fourth-order valence-corrected chi connectivity index (χ4v) is 2.10. The van der Waals surface area contributed by atoms with Gasteiger partial charge in [0.15, 0.2) is 0 Å². The van der Waals surface area contributed by atoms with Crippen LogP contribution in [0.3, 0.4) is 0 Å². The minimum atomic E-state index is -0.197. The number of amides is 1. The van der Waals surface area contributed by atoms with Crippen molar-refractivity contribution in [1.29, 1.82) is 0 Å². The number of anilines is 1. The Morgan fingerprint density at radius 2 is 2.05 bits per heavy atom. The molecule has 3 nitrogen and oxygen atoms in total. The topological polar surface area (TPSA) is 38.3 Å². The number of ether oxygens (including phenoxy) is 1. The molecule has 4 heteroatoms. The predicted molar refractivity (Wildman–Crippen MR) is 81.7 cm³/mol. The highest BCUT2D eigenvalue weighted by atomic mass is 35.5. The van der Waals surface area contributed by atoms with E-state index in [9.17, 15) is 4.79 Å². The number of aryl methyl sites for hydroxylation is 1. The number of methoxy groups -OCH3 is 1. The smallest absolute Gasteiger partial charge is 0.259 e. The standard InChI is InChI=1S/C16H16ClNO2/c1-11-6-7-15(20-2)14(8-11)16(19)18-13-5-3-4-12(9-13)10-17/h3-9H,10H2,1-2H3,(H,18,19). The van der Waals surface area contributed by atoms with E-state index in [1.54, 1.807) is 19.2 Å². The van der Waals surface area contributed by atoms with Crippen molar-refractivity contribution in [3.05, 3.63) is 59.2 Å². The van der Waals surface area contributed by atoms with Gasteiger partial charge < -0.3 is 10.1 Å². The van der Waals surface area contributed by atoms with Crippen LogP contribution in [-0.2, 0) is 5.88 Å². The van der Waals surface area contributed by atoms with Crippen LogP contribution in [-0.4, -0.2) is 13.0 Å². The van der Waals surface area contributed by atoms with E-state index in [1.165, 1.54) is 0 Å². The van der Waals surface area contributed by atoms with Crippen molar-refractivity contribution in [3.8, 4) is 5.75 Å². The van der Waals surface area contributed by atoms with Gasteiger partial charge in [0.2, 0.25) is 0 Å². The molecule has 2 aromatic rings. The van der Waals surface area contributed by atoms with Gasteiger partial charge in [0.05, 0.1) is 12.7 Å². The molecular weight excluding hydrogens is 274 g/mol. The third-order valence-corrected chi connectivity index (χ3v) is 3.25. The van der Waals surface area contributed by atoms with Crippen LogP contribution in [0.25, 0.3) is 0 Å². The Labute approximate surface area is 123 Å². The van der Waals surface area contributed by atoms with Crippen LogP contribution in [0.1, 0.15) is 21.5 Å². The Balaban J connectivity index is 2.25. The summed E-state index contributed by atoms with van der Waals surface area (Å²) in [5.41, 5.74) is 3.20. The third-order valence-electron chi connectivity index (χ3n) is 2.94. The van der Waals surface area contributed by atoms with Crippen LogP contribution in [0.4, 0.5) is 5.69 Å². The number of nitrogens with one attached hydrogen (secondary N) is 1. The first-order chi connectivity index (χ1) is 9.63. The van der Waals surface area contributed by atoms with E-state index in [1.807, 2.05) is 37.3 Å². The zero-order valence-electron chi connectivity index (χ0n) is 11.4. The number of hydrogen-bond donors (Lipinski definition) is 1. The average Bonchev–Trinajstić information content (AvgIpc) is 2.47. The molecule has 0 fully saturated rings. The van der Waals surface area contributed by atoms with Crippen molar-refractivity contribution in [1.82, 2.24) is 0 Å². The Hall–Kier alpha value is -2.00. The summed E-state index contributed by atoms with van der Waals surface area (Å²) in [6.07, 6.45) is 0. The van der Waals surface area contributed by atoms with Gasteiger partial charge in [-0.1, -0.05) is 23.8 Å². The van der Waals surface area contributed by atoms with Crippen LogP contribution in [0.2, 0.25) is 0 Å². The van der Waals surface area contributed by atoms with E-state index in [0.717, 1.165) is 16.8 Å². The fourth-order valence-electron chi connectivity index (χ4n) is 1.93.